The van der Waals surface area contributed by atoms with Gasteiger partial charge in [0.05, 0.1) is 16.3 Å². The summed E-state index contributed by atoms with van der Waals surface area (Å²) in [6.45, 7) is 0. The summed E-state index contributed by atoms with van der Waals surface area (Å²) in [7, 11) is 0. The molecule has 0 fully saturated rings. The lowest BCUT2D eigenvalue weighted by Crippen LogP contribution is -2.13. The number of rotatable bonds is 5. The molecule has 4 aromatic rings. The Kier molecular flexibility index (Phi) is 4.85. The number of benzene rings is 3. The zero-order valence-corrected chi connectivity index (χ0v) is 14.9. The van der Waals surface area contributed by atoms with Crippen molar-refractivity contribution in [3.63, 3.8) is 0 Å². The monoisotopic (exact) mass is 379 g/mol. The first-order valence-electron chi connectivity index (χ1n) is 8.36. The number of halogens is 2. The average Bonchev–Trinajstić information content (AvgIpc) is 3.18. The van der Waals surface area contributed by atoms with E-state index in [0.29, 0.717) is 28.1 Å². The summed E-state index contributed by atoms with van der Waals surface area (Å²) in [5.74, 6) is 0.274. The van der Waals surface area contributed by atoms with Crippen LogP contribution in [0, 0.1) is 5.82 Å². The summed E-state index contributed by atoms with van der Waals surface area (Å²) >= 11 is 6.22. The van der Waals surface area contributed by atoms with Gasteiger partial charge in [0.15, 0.2) is 0 Å². The molecule has 6 heteroatoms. The topological polar surface area (TPSA) is 51.0 Å². The van der Waals surface area contributed by atoms with E-state index < -0.39 is 6.04 Å². The average molecular weight is 380 g/mol. The molecule has 0 aliphatic rings. The van der Waals surface area contributed by atoms with Crippen molar-refractivity contribution < 1.29 is 8.81 Å². The quantitative estimate of drug-likeness (QED) is 0.481. The number of hydrogen-bond donors (Lipinski definition) is 1. The second kappa shape index (κ2) is 7.60. The SMILES string of the molecule is Fc1ccccc1N[C@@H](c1ccccc1)c1nnc(-c2ccccc2Cl)o1. The molecule has 0 amide bonds. The number of nitrogens with one attached hydrogen (secondary N) is 1. The number of aromatic nitrogens is 2. The Morgan fingerprint density at radius 3 is 2.33 bits per heavy atom. The fourth-order valence-corrected chi connectivity index (χ4v) is 2.98. The highest BCUT2D eigenvalue weighted by Gasteiger charge is 2.23. The van der Waals surface area contributed by atoms with Crippen molar-refractivity contribution >= 4 is 17.3 Å². The lowest BCUT2D eigenvalue weighted by molar-refractivity contribution is 0.493. The summed E-state index contributed by atoms with van der Waals surface area (Å²) in [6.07, 6.45) is 0. The van der Waals surface area contributed by atoms with Crippen LogP contribution in [0.3, 0.4) is 0 Å². The molecule has 1 N–H and O–H groups in total. The minimum absolute atomic E-state index is 0.312. The fourth-order valence-electron chi connectivity index (χ4n) is 2.76. The molecule has 0 saturated carbocycles. The van der Waals surface area contributed by atoms with Crippen molar-refractivity contribution in [2.24, 2.45) is 0 Å². The summed E-state index contributed by atoms with van der Waals surface area (Å²) in [5, 5.41) is 12.0. The highest BCUT2D eigenvalue weighted by molar-refractivity contribution is 6.33. The van der Waals surface area contributed by atoms with Gasteiger partial charge in [0.1, 0.15) is 11.9 Å². The van der Waals surface area contributed by atoms with Crippen molar-refractivity contribution in [1.82, 2.24) is 10.2 Å². The van der Waals surface area contributed by atoms with E-state index in [9.17, 15) is 4.39 Å². The van der Waals surface area contributed by atoms with Crippen LogP contribution in [-0.2, 0) is 0 Å². The van der Waals surface area contributed by atoms with E-state index in [1.54, 1.807) is 30.3 Å². The number of anilines is 1. The van der Waals surface area contributed by atoms with Crippen LogP contribution >= 0.6 is 11.6 Å². The number of hydrogen-bond acceptors (Lipinski definition) is 4. The molecule has 134 valence electrons. The maximum Gasteiger partial charge on any atom is 0.249 e. The first kappa shape index (κ1) is 17.2. The van der Waals surface area contributed by atoms with Crippen molar-refractivity contribution in [2.45, 2.75) is 6.04 Å². The summed E-state index contributed by atoms with van der Waals surface area (Å²) in [6, 6.07) is 22.7. The molecule has 27 heavy (non-hydrogen) atoms. The van der Waals surface area contributed by atoms with Crippen LogP contribution in [0.2, 0.25) is 5.02 Å². The third-order valence-corrected chi connectivity index (χ3v) is 4.43. The molecule has 1 aromatic heterocycles. The van der Waals surface area contributed by atoms with Gasteiger partial charge in [-0.15, -0.1) is 10.2 Å². The molecular formula is C21H15ClFN3O. The normalized spacial score (nSPS) is 11.9. The minimum atomic E-state index is -0.508. The third-order valence-electron chi connectivity index (χ3n) is 4.10. The van der Waals surface area contributed by atoms with Crippen LogP contribution in [-0.4, -0.2) is 10.2 Å². The van der Waals surface area contributed by atoms with E-state index in [1.165, 1.54) is 6.07 Å². The Bertz CT molecular complexity index is 1050. The smallest absolute Gasteiger partial charge is 0.249 e. The first-order chi connectivity index (χ1) is 13.2. The van der Waals surface area contributed by atoms with Crippen LogP contribution in [0.15, 0.2) is 83.3 Å². The van der Waals surface area contributed by atoms with E-state index in [0.717, 1.165) is 5.56 Å². The van der Waals surface area contributed by atoms with E-state index in [4.69, 9.17) is 16.0 Å². The molecule has 4 nitrogen and oxygen atoms in total. The molecule has 0 unspecified atom stereocenters. The van der Waals surface area contributed by atoms with Crippen molar-refractivity contribution in [3.05, 3.63) is 101 Å². The predicted octanol–water partition coefficient (Wildman–Crippen LogP) is 5.73. The van der Waals surface area contributed by atoms with Gasteiger partial charge in [0.25, 0.3) is 0 Å². The van der Waals surface area contributed by atoms with Gasteiger partial charge in [-0.25, -0.2) is 4.39 Å². The highest BCUT2D eigenvalue weighted by Crippen LogP contribution is 2.31. The molecule has 0 bridgehead atoms. The van der Waals surface area contributed by atoms with Gasteiger partial charge in [-0.2, -0.15) is 0 Å². The van der Waals surface area contributed by atoms with Gasteiger partial charge in [0, 0.05) is 0 Å². The Labute approximate surface area is 160 Å². The number of para-hydroxylation sites is 1. The van der Waals surface area contributed by atoms with Gasteiger partial charge in [0.2, 0.25) is 11.8 Å². The lowest BCUT2D eigenvalue weighted by atomic mass is 10.1. The molecule has 0 aliphatic heterocycles. The second-order valence-corrected chi connectivity index (χ2v) is 6.30. The molecule has 0 radical (unpaired) electrons. The first-order valence-corrected chi connectivity index (χ1v) is 8.74. The van der Waals surface area contributed by atoms with Crippen LogP contribution in [0.1, 0.15) is 17.5 Å². The molecule has 4 rings (SSSR count). The summed E-state index contributed by atoms with van der Waals surface area (Å²) in [4.78, 5) is 0. The standard InChI is InChI=1S/C21H15ClFN3O/c22-16-11-5-4-10-15(16)20-25-26-21(27-20)19(14-8-2-1-3-9-14)24-18-13-7-6-12-17(18)23/h1-13,19,24H/t19-/m0/s1. The summed E-state index contributed by atoms with van der Waals surface area (Å²) < 4.78 is 20.0. The van der Waals surface area contributed by atoms with Gasteiger partial charge >= 0.3 is 0 Å². The van der Waals surface area contributed by atoms with Crippen LogP contribution in [0.5, 0.6) is 0 Å². The van der Waals surface area contributed by atoms with Crippen molar-refractivity contribution in [2.75, 3.05) is 5.32 Å². The predicted molar refractivity (Wildman–Crippen MR) is 103 cm³/mol. The minimum Gasteiger partial charge on any atom is -0.418 e. The fraction of sp³-hybridized carbons (Fsp3) is 0.0476. The van der Waals surface area contributed by atoms with Gasteiger partial charge in [-0.05, 0) is 29.8 Å². The molecule has 0 aliphatic carbocycles. The van der Waals surface area contributed by atoms with E-state index in [2.05, 4.69) is 15.5 Å². The van der Waals surface area contributed by atoms with Crippen molar-refractivity contribution in [3.8, 4) is 11.5 Å². The number of nitrogens with zero attached hydrogens (tertiary/aromatic N) is 2. The van der Waals surface area contributed by atoms with Gasteiger partial charge in [-0.1, -0.05) is 66.2 Å². The molecule has 0 spiro atoms. The maximum absolute atomic E-state index is 14.2. The van der Waals surface area contributed by atoms with Crippen LogP contribution in [0.25, 0.3) is 11.5 Å². The molecule has 1 heterocycles. The zero-order chi connectivity index (χ0) is 18.6. The summed E-state index contributed by atoms with van der Waals surface area (Å²) in [5.41, 5.74) is 1.87. The Hall–Kier alpha value is -3.18. The molecule has 0 saturated heterocycles. The van der Waals surface area contributed by atoms with Gasteiger partial charge in [-0.3, -0.25) is 0 Å². The van der Waals surface area contributed by atoms with Crippen molar-refractivity contribution in [1.29, 1.82) is 0 Å². The second-order valence-electron chi connectivity index (χ2n) is 5.89. The maximum atomic E-state index is 14.2. The molecule has 1 atom stereocenters. The van der Waals surface area contributed by atoms with Crippen LogP contribution in [0.4, 0.5) is 10.1 Å². The zero-order valence-electron chi connectivity index (χ0n) is 14.1. The largest absolute Gasteiger partial charge is 0.418 e. The van der Waals surface area contributed by atoms with Crippen LogP contribution < -0.4 is 5.32 Å². The third kappa shape index (κ3) is 3.68. The highest BCUT2D eigenvalue weighted by atomic mass is 35.5. The molecular weight excluding hydrogens is 365 g/mol. The Balaban J connectivity index is 1.74. The van der Waals surface area contributed by atoms with E-state index in [-0.39, 0.29) is 5.82 Å². The molecule has 3 aromatic carbocycles. The van der Waals surface area contributed by atoms with Gasteiger partial charge < -0.3 is 9.73 Å². The Morgan fingerprint density at radius 1 is 0.852 bits per heavy atom. The lowest BCUT2D eigenvalue weighted by Gasteiger charge is -2.17. The Morgan fingerprint density at radius 2 is 1.56 bits per heavy atom. The van der Waals surface area contributed by atoms with E-state index in [1.807, 2.05) is 42.5 Å². The van der Waals surface area contributed by atoms with E-state index >= 15 is 0 Å².